The third-order valence-electron chi connectivity index (χ3n) is 1.16. The molecule has 0 radical (unpaired) electrons. The smallest absolute Gasteiger partial charge is 0.0406 e. The third-order valence-corrected chi connectivity index (χ3v) is 1.41. The number of halogens is 1. The van der Waals surface area contributed by atoms with E-state index in [0.717, 1.165) is 10.6 Å². The second-order valence-corrected chi connectivity index (χ2v) is 2.42. The lowest BCUT2D eigenvalue weighted by molar-refractivity contribution is 1.65. The van der Waals surface area contributed by atoms with Crippen molar-refractivity contribution in [3.8, 4) is 11.8 Å². The van der Waals surface area contributed by atoms with E-state index in [4.69, 9.17) is 11.6 Å². The molecule has 0 aromatic heterocycles. The van der Waals surface area contributed by atoms with Gasteiger partial charge < -0.3 is 0 Å². The summed E-state index contributed by atoms with van der Waals surface area (Å²) in [6, 6.07) is 7.38. The van der Waals surface area contributed by atoms with Crippen molar-refractivity contribution in [1.82, 2.24) is 0 Å². The molecule has 0 aliphatic rings. The molecule has 0 heterocycles. The second kappa shape index (κ2) is 3.85. The summed E-state index contributed by atoms with van der Waals surface area (Å²) in [7, 11) is 0. The third kappa shape index (κ3) is 2.49. The maximum atomic E-state index is 5.68. The van der Waals surface area contributed by atoms with Crippen LogP contribution in [0, 0.1) is 11.8 Å². The van der Waals surface area contributed by atoms with Crippen LogP contribution in [0.25, 0.3) is 0 Å². The molecule has 0 fully saturated rings. The van der Waals surface area contributed by atoms with Crippen molar-refractivity contribution < 1.29 is 0 Å². The Kier molecular flexibility index (Phi) is 2.77. The fourth-order valence-electron chi connectivity index (χ4n) is 0.668. The van der Waals surface area contributed by atoms with Gasteiger partial charge in [-0.1, -0.05) is 30.0 Å². The molecule has 1 aromatic rings. The van der Waals surface area contributed by atoms with E-state index >= 15 is 0 Å². The van der Waals surface area contributed by atoms with E-state index in [1.807, 2.05) is 24.3 Å². The highest BCUT2D eigenvalue weighted by molar-refractivity contribution is 6.30. The van der Waals surface area contributed by atoms with Gasteiger partial charge in [0.15, 0.2) is 0 Å². The molecular weight excluding hydrogens is 156 g/mol. The van der Waals surface area contributed by atoms with Gasteiger partial charge in [0.1, 0.15) is 0 Å². The summed E-state index contributed by atoms with van der Waals surface area (Å²) in [6.07, 6.45) is 1.56. The van der Waals surface area contributed by atoms with Gasteiger partial charge in [0.25, 0.3) is 0 Å². The van der Waals surface area contributed by atoms with E-state index in [9.17, 15) is 0 Å². The summed E-state index contributed by atoms with van der Waals surface area (Å²) in [5.41, 5.74) is 0.953. The maximum Gasteiger partial charge on any atom is 0.0406 e. The van der Waals surface area contributed by atoms with Gasteiger partial charge in [0, 0.05) is 10.6 Å². The lowest BCUT2D eigenvalue weighted by atomic mass is 10.2. The van der Waals surface area contributed by atoms with Gasteiger partial charge >= 0.3 is 0 Å². The van der Waals surface area contributed by atoms with Gasteiger partial charge in [-0.15, -0.1) is 0 Å². The first-order chi connectivity index (χ1) is 5.33. The van der Waals surface area contributed by atoms with Gasteiger partial charge in [-0.3, -0.25) is 0 Å². The van der Waals surface area contributed by atoms with Crippen molar-refractivity contribution in [3.05, 3.63) is 47.5 Å². The lowest BCUT2D eigenvalue weighted by Crippen LogP contribution is -1.70. The predicted molar refractivity (Wildman–Crippen MR) is 48.5 cm³/mol. The number of rotatable bonds is 0. The van der Waals surface area contributed by atoms with Crippen LogP contribution < -0.4 is 0 Å². The lowest BCUT2D eigenvalue weighted by Gasteiger charge is -1.88. The zero-order valence-electron chi connectivity index (χ0n) is 5.97. The van der Waals surface area contributed by atoms with Gasteiger partial charge in [0.2, 0.25) is 0 Å². The molecule has 0 N–H and O–H groups in total. The summed E-state index contributed by atoms with van der Waals surface area (Å²) in [5.74, 6) is 5.65. The minimum absolute atomic E-state index is 0.731. The van der Waals surface area contributed by atoms with Crippen LogP contribution in [0.2, 0.25) is 5.02 Å². The summed E-state index contributed by atoms with van der Waals surface area (Å²) in [6.45, 7) is 3.49. The van der Waals surface area contributed by atoms with Crippen LogP contribution in [0.1, 0.15) is 5.56 Å². The summed E-state index contributed by atoms with van der Waals surface area (Å²) >= 11 is 5.68. The Balaban J connectivity index is 2.90. The number of hydrogen-bond acceptors (Lipinski definition) is 0. The highest BCUT2D eigenvalue weighted by Crippen LogP contribution is 2.07. The van der Waals surface area contributed by atoms with Crippen LogP contribution in [-0.4, -0.2) is 0 Å². The minimum atomic E-state index is 0.731. The molecule has 0 saturated carbocycles. The quantitative estimate of drug-likeness (QED) is 0.515. The first-order valence-electron chi connectivity index (χ1n) is 3.21. The maximum absolute atomic E-state index is 5.68. The molecule has 54 valence electrons. The number of benzene rings is 1. The van der Waals surface area contributed by atoms with E-state index in [1.54, 1.807) is 6.08 Å². The Bertz CT molecular complexity index is 298. The molecule has 0 amide bonds. The van der Waals surface area contributed by atoms with Crippen molar-refractivity contribution in [2.24, 2.45) is 0 Å². The van der Waals surface area contributed by atoms with Crippen LogP contribution in [-0.2, 0) is 0 Å². The highest BCUT2D eigenvalue weighted by Gasteiger charge is 1.85. The second-order valence-electron chi connectivity index (χ2n) is 1.98. The average Bonchev–Trinajstić information content (AvgIpc) is 2.04. The molecule has 0 saturated heterocycles. The monoisotopic (exact) mass is 162 g/mol. The van der Waals surface area contributed by atoms with Crippen LogP contribution in [0.3, 0.4) is 0 Å². The van der Waals surface area contributed by atoms with E-state index < -0.39 is 0 Å². The van der Waals surface area contributed by atoms with Gasteiger partial charge in [-0.25, -0.2) is 0 Å². The van der Waals surface area contributed by atoms with Crippen LogP contribution >= 0.6 is 11.6 Å². The molecule has 0 aliphatic heterocycles. The fourth-order valence-corrected chi connectivity index (χ4v) is 0.794. The van der Waals surface area contributed by atoms with E-state index in [-0.39, 0.29) is 0 Å². The molecule has 1 rings (SSSR count). The normalized spacial score (nSPS) is 8.09. The van der Waals surface area contributed by atoms with Crippen molar-refractivity contribution in [2.75, 3.05) is 0 Å². The van der Waals surface area contributed by atoms with E-state index in [1.165, 1.54) is 0 Å². The highest BCUT2D eigenvalue weighted by atomic mass is 35.5. The molecular formula is C10H7Cl. The molecule has 11 heavy (non-hydrogen) atoms. The molecule has 0 unspecified atom stereocenters. The van der Waals surface area contributed by atoms with Crippen molar-refractivity contribution in [3.63, 3.8) is 0 Å². The number of allylic oxidation sites excluding steroid dienone is 1. The van der Waals surface area contributed by atoms with Gasteiger partial charge in [-0.2, -0.15) is 0 Å². The molecule has 0 aliphatic carbocycles. The summed E-state index contributed by atoms with van der Waals surface area (Å²) in [4.78, 5) is 0. The van der Waals surface area contributed by atoms with Crippen LogP contribution in [0.15, 0.2) is 36.9 Å². The van der Waals surface area contributed by atoms with Crippen LogP contribution in [0.5, 0.6) is 0 Å². The Morgan fingerprint density at radius 2 is 1.91 bits per heavy atom. The van der Waals surface area contributed by atoms with Crippen molar-refractivity contribution in [2.45, 2.75) is 0 Å². The Labute approximate surface area is 71.5 Å². The summed E-state index contributed by atoms with van der Waals surface area (Å²) in [5, 5.41) is 0.731. The zero-order valence-corrected chi connectivity index (χ0v) is 6.73. The fraction of sp³-hybridized carbons (Fsp3) is 0. The predicted octanol–water partition coefficient (Wildman–Crippen LogP) is 2.88. The number of hydrogen-bond donors (Lipinski definition) is 0. The first kappa shape index (κ1) is 7.91. The van der Waals surface area contributed by atoms with Gasteiger partial charge in [0.05, 0.1) is 0 Å². The first-order valence-corrected chi connectivity index (χ1v) is 3.59. The van der Waals surface area contributed by atoms with Crippen molar-refractivity contribution >= 4 is 11.6 Å². The Morgan fingerprint density at radius 3 is 2.45 bits per heavy atom. The minimum Gasteiger partial charge on any atom is -0.0906 e. The van der Waals surface area contributed by atoms with E-state index in [2.05, 4.69) is 18.4 Å². The molecule has 0 atom stereocenters. The largest absolute Gasteiger partial charge is 0.0906 e. The average molecular weight is 163 g/mol. The Hall–Kier alpha value is -1.19. The molecule has 0 spiro atoms. The Morgan fingerprint density at radius 1 is 1.27 bits per heavy atom. The topological polar surface area (TPSA) is 0 Å². The molecule has 1 heteroatoms. The standard InChI is InChI=1S/C10H7Cl/c1-2-3-4-9-5-7-10(11)8-6-9/h2,5-8H,1H2. The van der Waals surface area contributed by atoms with E-state index in [0.29, 0.717) is 0 Å². The SMILES string of the molecule is C=CC#Cc1ccc(Cl)cc1. The van der Waals surface area contributed by atoms with Gasteiger partial charge in [-0.05, 0) is 30.3 Å². The molecule has 0 bridgehead atoms. The zero-order chi connectivity index (χ0) is 8.10. The summed E-state index contributed by atoms with van der Waals surface area (Å²) < 4.78 is 0. The van der Waals surface area contributed by atoms with Crippen LogP contribution in [0.4, 0.5) is 0 Å². The van der Waals surface area contributed by atoms with Crippen molar-refractivity contribution in [1.29, 1.82) is 0 Å². The molecule has 1 aromatic carbocycles. The molecule has 0 nitrogen and oxygen atoms in total.